The van der Waals surface area contributed by atoms with E-state index in [9.17, 15) is 19.2 Å². The van der Waals surface area contributed by atoms with E-state index in [1.165, 1.54) is 7.11 Å². The minimum atomic E-state index is -1.10. The quantitative estimate of drug-likeness (QED) is 0.378. The number of hydrogen-bond acceptors (Lipinski definition) is 6. The zero-order valence-electron chi connectivity index (χ0n) is 17.1. The van der Waals surface area contributed by atoms with Crippen molar-refractivity contribution < 1.29 is 28.7 Å². The molecule has 2 aromatic rings. The van der Waals surface area contributed by atoms with Crippen LogP contribution in [0.4, 0.5) is 0 Å². The number of ketones is 1. The molecule has 2 aromatic carbocycles. The first-order valence-corrected chi connectivity index (χ1v) is 9.64. The molecule has 156 valence electrons. The van der Waals surface area contributed by atoms with Crippen LogP contribution >= 0.6 is 0 Å². The van der Waals surface area contributed by atoms with Crippen molar-refractivity contribution in [3.05, 3.63) is 65.2 Å². The van der Waals surface area contributed by atoms with Crippen LogP contribution in [0.3, 0.4) is 0 Å². The van der Waals surface area contributed by atoms with Crippen LogP contribution in [-0.2, 0) is 9.53 Å². The molecule has 0 spiro atoms. The third kappa shape index (κ3) is 4.25. The maximum absolute atomic E-state index is 12.8. The fourth-order valence-electron chi connectivity index (χ4n) is 3.34. The normalized spacial score (nSPS) is 13.9. The number of Topliss-reactive ketones (excluding diaryl/α,β-unsaturated/α-hetero) is 1. The lowest BCUT2D eigenvalue weighted by Crippen LogP contribution is -2.46. The number of rotatable bonds is 8. The van der Waals surface area contributed by atoms with Crippen LogP contribution in [0.25, 0.3) is 0 Å². The fourth-order valence-corrected chi connectivity index (χ4v) is 3.34. The third-order valence-corrected chi connectivity index (χ3v) is 4.86. The van der Waals surface area contributed by atoms with E-state index in [2.05, 4.69) is 0 Å². The van der Waals surface area contributed by atoms with Crippen molar-refractivity contribution in [2.45, 2.75) is 26.3 Å². The van der Waals surface area contributed by atoms with Crippen molar-refractivity contribution in [2.75, 3.05) is 13.7 Å². The van der Waals surface area contributed by atoms with Crippen molar-refractivity contribution in [3.8, 4) is 5.75 Å². The summed E-state index contributed by atoms with van der Waals surface area (Å²) in [4.78, 5) is 51.7. The van der Waals surface area contributed by atoms with E-state index in [-0.39, 0.29) is 23.5 Å². The number of hydrogen-bond donors (Lipinski definition) is 0. The molecule has 3 rings (SSSR count). The van der Waals surface area contributed by atoms with E-state index < -0.39 is 36.2 Å². The molecule has 0 saturated heterocycles. The Kier molecular flexibility index (Phi) is 6.30. The second kappa shape index (κ2) is 8.90. The maximum atomic E-state index is 12.8. The molecule has 2 amide bonds. The highest BCUT2D eigenvalue weighted by molar-refractivity contribution is 6.22. The second-order valence-corrected chi connectivity index (χ2v) is 7.43. The van der Waals surface area contributed by atoms with Gasteiger partial charge in [-0.3, -0.25) is 19.3 Å². The van der Waals surface area contributed by atoms with Gasteiger partial charge in [0.05, 0.1) is 18.2 Å². The summed E-state index contributed by atoms with van der Waals surface area (Å²) in [7, 11) is 1.52. The van der Waals surface area contributed by atoms with Gasteiger partial charge in [0.2, 0.25) is 0 Å². The number of ether oxygens (including phenoxy) is 2. The van der Waals surface area contributed by atoms with Crippen molar-refractivity contribution in [2.24, 2.45) is 5.92 Å². The molecule has 0 bridgehead atoms. The number of amides is 2. The van der Waals surface area contributed by atoms with Crippen LogP contribution in [0.2, 0.25) is 0 Å². The predicted molar refractivity (Wildman–Crippen MR) is 108 cm³/mol. The maximum Gasteiger partial charge on any atom is 0.329 e. The summed E-state index contributed by atoms with van der Waals surface area (Å²) in [6.07, 6.45) is 0.237. The average Bonchev–Trinajstić information content (AvgIpc) is 3.00. The van der Waals surface area contributed by atoms with Gasteiger partial charge >= 0.3 is 5.97 Å². The Bertz CT molecular complexity index is 944. The minimum Gasteiger partial charge on any atom is -0.497 e. The molecule has 30 heavy (non-hydrogen) atoms. The molecule has 0 aliphatic carbocycles. The van der Waals surface area contributed by atoms with Crippen molar-refractivity contribution >= 4 is 23.6 Å². The molecule has 1 atom stereocenters. The molecular weight excluding hydrogens is 386 g/mol. The molecule has 0 N–H and O–H groups in total. The molecule has 7 heteroatoms. The van der Waals surface area contributed by atoms with E-state index in [1.807, 2.05) is 13.8 Å². The molecular formula is C23H23NO6. The van der Waals surface area contributed by atoms with Gasteiger partial charge in [0, 0.05) is 5.56 Å². The van der Waals surface area contributed by atoms with E-state index >= 15 is 0 Å². The lowest BCUT2D eigenvalue weighted by atomic mass is 10.0. The van der Waals surface area contributed by atoms with E-state index in [0.717, 1.165) is 4.90 Å². The zero-order chi connectivity index (χ0) is 21.8. The lowest BCUT2D eigenvalue weighted by Gasteiger charge is -2.25. The average molecular weight is 409 g/mol. The molecule has 0 radical (unpaired) electrons. The predicted octanol–water partition coefficient (Wildman–Crippen LogP) is 3.13. The highest BCUT2D eigenvalue weighted by Gasteiger charge is 2.43. The number of methoxy groups -OCH3 is 1. The van der Waals surface area contributed by atoms with Crippen LogP contribution in [0.1, 0.15) is 51.3 Å². The summed E-state index contributed by atoms with van der Waals surface area (Å²) in [5.74, 6) is -1.61. The number of benzene rings is 2. The Morgan fingerprint density at radius 2 is 1.50 bits per heavy atom. The van der Waals surface area contributed by atoms with Crippen LogP contribution < -0.4 is 4.74 Å². The first kappa shape index (κ1) is 21.2. The van der Waals surface area contributed by atoms with Crippen molar-refractivity contribution in [1.29, 1.82) is 0 Å². The third-order valence-electron chi connectivity index (χ3n) is 4.86. The van der Waals surface area contributed by atoms with Gasteiger partial charge in [0.1, 0.15) is 11.8 Å². The van der Waals surface area contributed by atoms with E-state index in [1.54, 1.807) is 48.5 Å². The summed E-state index contributed by atoms with van der Waals surface area (Å²) < 4.78 is 10.3. The monoisotopic (exact) mass is 409 g/mol. The van der Waals surface area contributed by atoms with Gasteiger partial charge in [-0.05, 0) is 48.7 Å². The zero-order valence-corrected chi connectivity index (χ0v) is 17.1. The standard InChI is InChI=1S/C23H23NO6/c1-14(2)12-19(24-21(26)17-6-4-5-7-18(17)22(24)27)23(28)30-13-20(25)15-8-10-16(29-3)11-9-15/h4-11,14,19H,12-13H2,1-3H3/t19-/m1/s1. The van der Waals surface area contributed by atoms with Crippen molar-refractivity contribution in [1.82, 2.24) is 4.90 Å². The Morgan fingerprint density at radius 3 is 2.00 bits per heavy atom. The summed E-state index contributed by atoms with van der Waals surface area (Å²) in [6.45, 7) is 3.27. The summed E-state index contributed by atoms with van der Waals surface area (Å²) in [5.41, 5.74) is 0.890. The molecule has 0 unspecified atom stereocenters. The van der Waals surface area contributed by atoms with Gasteiger partial charge in [-0.25, -0.2) is 4.79 Å². The van der Waals surface area contributed by atoms with Crippen LogP contribution in [0.15, 0.2) is 48.5 Å². The van der Waals surface area contributed by atoms with Crippen LogP contribution in [0.5, 0.6) is 5.75 Å². The summed E-state index contributed by atoms with van der Waals surface area (Å²) >= 11 is 0. The van der Waals surface area contributed by atoms with Gasteiger partial charge in [-0.15, -0.1) is 0 Å². The SMILES string of the molecule is COc1ccc(C(=O)COC(=O)[C@@H](CC(C)C)N2C(=O)c3ccccc3C2=O)cc1. The van der Waals surface area contributed by atoms with Gasteiger partial charge in [0.25, 0.3) is 11.8 Å². The number of esters is 1. The fraction of sp³-hybridized carbons (Fsp3) is 0.304. The Morgan fingerprint density at radius 1 is 0.933 bits per heavy atom. The van der Waals surface area contributed by atoms with Gasteiger partial charge in [0.15, 0.2) is 12.4 Å². The molecule has 7 nitrogen and oxygen atoms in total. The first-order chi connectivity index (χ1) is 14.3. The molecule has 0 saturated carbocycles. The van der Waals surface area contributed by atoms with Crippen LogP contribution in [0, 0.1) is 5.92 Å². The second-order valence-electron chi connectivity index (χ2n) is 7.43. The smallest absolute Gasteiger partial charge is 0.329 e. The lowest BCUT2D eigenvalue weighted by molar-refractivity contribution is -0.147. The van der Waals surface area contributed by atoms with Crippen molar-refractivity contribution in [3.63, 3.8) is 0 Å². The molecule has 0 fully saturated rings. The number of carbonyl (C=O) groups excluding carboxylic acids is 4. The van der Waals surface area contributed by atoms with Gasteiger partial charge in [-0.1, -0.05) is 26.0 Å². The number of imide groups is 1. The Labute approximate surface area is 174 Å². The first-order valence-electron chi connectivity index (χ1n) is 9.64. The number of carbonyl (C=O) groups is 4. The summed E-state index contributed by atoms with van der Waals surface area (Å²) in [5, 5.41) is 0. The highest BCUT2D eigenvalue weighted by atomic mass is 16.5. The van der Waals surface area contributed by atoms with Crippen LogP contribution in [-0.4, -0.2) is 48.2 Å². The molecule has 1 heterocycles. The van der Waals surface area contributed by atoms with E-state index in [4.69, 9.17) is 9.47 Å². The Hall–Kier alpha value is -3.48. The summed E-state index contributed by atoms with van der Waals surface area (Å²) in [6, 6.07) is 11.8. The largest absolute Gasteiger partial charge is 0.497 e. The Balaban J connectivity index is 1.74. The van der Waals surface area contributed by atoms with Gasteiger partial charge < -0.3 is 9.47 Å². The minimum absolute atomic E-state index is 0.0177. The highest BCUT2D eigenvalue weighted by Crippen LogP contribution is 2.27. The number of fused-ring (bicyclic) bond motifs is 1. The topological polar surface area (TPSA) is 90.0 Å². The number of nitrogens with zero attached hydrogens (tertiary/aromatic N) is 1. The van der Waals surface area contributed by atoms with Gasteiger partial charge in [-0.2, -0.15) is 0 Å². The molecule has 1 aliphatic heterocycles. The molecule has 1 aliphatic rings. The molecule has 0 aromatic heterocycles. The van der Waals surface area contributed by atoms with E-state index in [0.29, 0.717) is 11.3 Å².